The van der Waals surface area contributed by atoms with Crippen LogP contribution in [0.2, 0.25) is 10.0 Å². The standard InChI is InChI=1S/C9H10Cl2N2O2/c1-3(12)9(15)4-2-5(14)8(13)7(11)6(4)10/h2-3,14H,12-13H2,1H3. The predicted octanol–water partition coefficient (Wildman–Crippen LogP) is 1.81. The lowest BCUT2D eigenvalue weighted by molar-refractivity contribution is 0.0968. The number of ketones is 1. The number of halogens is 2. The van der Waals surface area contributed by atoms with Crippen molar-refractivity contribution in [2.75, 3.05) is 5.73 Å². The smallest absolute Gasteiger partial charge is 0.180 e. The SMILES string of the molecule is CC(N)C(=O)c1cc(O)c(N)c(Cl)c1Cl. The van der Waals surface area contributed by atoms with Crippen LogP contribution in [0.5, 0.6) is 5.75 Å². The van der Waals surface area contributed by atoms with Crippen LogP contribution in [0.15, 0.2) is 6.07 Å². The van der Waals surface area contributed by atoms with Crippen LogP contribution in [-0.4, -0.2) is 16.9 Å². The Morgan fingerprint density at radius 2 is 2.00 bits per heavy atom. The van der Waals surface area contributed by atoms with Gasteiger partial charge in [0, 0.05) is 5.56 Å². The van der Waals surface area contributed by atoms with Crippen molar-refractivity contribution in [2.45, 2.75) is 13.0 Å². The van der Waals surface area contributed by atoms with Gasteiger partial charge in [0.15, 0.2) is 5.78 Å². The molecule has 1 aromatic carbocycles. The van der Waals surface area contributed by atoms with Gasteiger partial charge >= 0.3 is 0 Å². The Morgan fingerprint density at radius 1 is 1.47 bits per heavy atom. The van der Waals surface area contributed by atoms with Gasteiger partial charge in [0.05, 0.1) is 21.8 Å². The van der Waals surface area contributed by atoms with Gasteiger partial charge in [-0.1, -0.05) is 23.2 Å². The molecule has 0 aromatic heterocycles. The van der Waals surface area contributed by atoms with Crippen molar-refractivity contribution >= 4 is 34.7 Å². The summed E-state index contributed by atoms with van der Waals surface area (Å²) in [6, 6.07) is 0.441. The van der Waals surface area contributed by atoms with Crippen LogP contribution in [0.4, 0.5) is 5.69 Å². The zero-order chi connectivity index (χ0) is 11.7. The van der Waals surface area contributed by atoms with E-state index in [2.05, 4.69) is 0 Å². The lowest BCUT2D eigenvalue weighted by atomic mass is 10.0. The van der Waals surface area contributed by atoms with E-state index in [1.807, 2.05) is 0 Å². The molecule has 15 heavy (non-hydrogen) atoms. The first-order chi connectivity index (χ1) is 6.86. The molecule has 0 spiro atoms. The van der Waals surface area contributed by atoms with Gasteiger partial charge in [0.2, 0.25) is 0 Å². The minimum absolute atomic E-state index is 0.00858. The van der Waals surface area contributed by atoms with Gasteiger partial charge in [0.1, 0.15) is 5.75 Å². The molecule has 0 bridgehead atoms. The van der Waals surface area contributed by atoms with Crippen molar-refractivity contribution in [1.29, 1.82) is 0 Å². The molecule has 1 unspecified atom stereocenters. The maximum Gasteiger partial charge on any atom is 0.180 e. The third kappa shape index (κ3) is 2.17. The normalized spacial score (nSPS) is 12.5. The number of carbonyl (C=O) groups is 1. The van der Waals surface area contributed by atoms with Gasteiger partial charge in [-0.2, -0.15) is 0 Å². The Labute approximate surface area is 96.8 Å². The lowest BCUT2D eigenvalue weighted by Gasteiger charge is -2.10. The second-order valence-corrected chi connectivity index (χ2v) is 3.89. The number of Topliss-reactive ketones (excluding diaryl/α,β-unsaturated/α-hetero) is 1. The molecule has 1 aromatic rings. The molecule has 0 radical (unpaired) electrons. The molecule has 6 heteroatoms. The molecule has 1 rings (SSSR count). The molecule has 1 atom stereocenters. The summed E-state index contributed by atoms with van der Waals surface area (Å²) in [5, 5.41) is 9.34. The third-order valence-corrected chi connectivity index (χ3v) is 2.78. The van der Waals surface area contributed by atoms with Crippen LogP contribution in [0, 0.1) is 0 Å². The van der Waals surface area contributed by atoms with E-state index in [9.17, 15) is 9.90 Å². The van der Waals surface area contributed by atoms with E-state index in [0.717, 1.165) is 6.07 Å². The number of hydrogen-bond donors (Lipinski definition) is 3. The van der Waals surface area contributed by atoms with Crippen LogP contribution in [0.1, 0.15) is 17.3 Å². The summed E-state index contributed by atoms with van der Waals surface area (Å²) in [5.41, 5.74) is 10.8. The largest absolute Gasteiger partial charge is 0.506 e. The van der Waals surface area contributed by atoms with Crippen LogP contribution < -0.4 is 11.5 Å². The molecule has 0 aliphatic rings. The van der Waals surface area contributed by atoms with E-state index >= 15 is 0 Å². The zero-order valence-corrected chi connectivity index (χ0v) is 9.43. The Hall–Kier alpha value is -0.970. The highest BCUT2D eigenvalue weighted by atomic mass is 35.5. The highest BCUT2D eigenvalue weighted by Gasteiger charge is 2.20. The summed E-state index contributed by atoms with van der Waals surface area (Å²) in [5.74, 6) is -0.689. The number of nitrogen functional groups attached to an aromatic ring is 1. The monoisotopic (exact) mass is 248 g/mol. The molecule has 5 N–H and O–H groups in total. The summed E-state index contributed by atoms with van der Waals surface area (Å²) >= 11 is 11.5. The van der Waals surface area contributed by atoms with Gasteiger partial charge in [-0.15, -0.1) is 0 Å². The van der Waals surface area contributed by atoms with Crippen molar-refractivity contribution < 1.29 is 9.90 Å². The van der Waals surface area contributed by atoms with E-state index in [1.54, 1.807) is 0 Å². The second kappa shape index (κ2) is 4.26. The number of benzene rings is 1. The molecule has 0 saturated carbocycles. The van der Waals surface area contributed by atoms with E-state index < -0.39 is 11.8 Å². The first-order valence-electron chi connectivity index (χ1n) is 4.12. The van der Waals surface area contributed by atoms with Gasteiger partial charge in [0.25, 0.3) is 0 Å². The van der Waals surface area contributed by atoms with E-state index in [1.165, 1.54) is 6.92 Å². The minimum Gasteiger partial charge on any atom is -0.506 e. The van der Waals surface area contributed by atoms with Crippen molar-refractivity contribution in [3.63, 3.8) is 0 Å². The molecule has 0 aliphatic carbocycles. The highest BCUT2D eigenvalue weighted by Crippen LogP contribution is 2.37. The number of phenols is 1. The summed E-state index contributed by atoms with van der Waals surface area (Å²) in [6.45, 7) is 1.51. The molecule has 0 aliphatic heterocycles. The number of anilines is 1. The van der Waals surface area contributed by atoms with E-state index in [-0.39, 0.29) is 27.0 Å². The fraction of sp³-hybridized carbons (Fsp3) is 0.222. The van der Waals surface area contributed by atoms with Crippen LogP contribution >= 0.6 is 23.2 Å². The van der Waals surface area contributed by atoms with E-state index in [4.69, 9.17) is 34.7 Å². The number of aromatic hydroxyl groups is 1. The number of phenolic OH excluding ortho intramolecular Hbond substituents is 1. The van der Waals surface area contributed by atoms with Crippen LogP contribution in [0.3, 0.4) is 0 Å². The van der Waals surface area contributed by atoms with Crippen molar-refractivity contribution in [3.05, 3.63) is 21.7 Å². The molecule has 4 nitrogen and oxygen atoms in total. The molecule has 0 fully saturated rings. The zero-order valence-electron chi connectivity index (χ0n) is 7.92. The average Bonchev–Trinajstić information content (AvgIpc) is 2.19. The Bertz CT molecular complexity index is 419. The molecule has 0 amide bonds. The fourth-order valence-electron chi connectivity index (χ4n) is 1.05. The Morgan fingerprint density at radius 3 is 2.47 bits per heavy atom. The van der Waals surface area contributed by atoms with Gasteiger partial charge in [-0.05, 0) is 13.0 Å². The molecular weight excluding hydrogens is 239 g/mol. The summed E-state index contributed by atoms with van der Waals surface area (Å²) < 4.78 is 0. The highest BCUT2D eigenvalue weighted by molar-refractivity contribution is 6.45. The van der Waals surface area contributed by atoms with E-state index in [0.29, 0.717) is 0 Å². The predicted molar refractivity (Wildman–Crippen MR) is 60.5 cm³/mol. The molecule has 82 valence electrons. The Balaban J connectivity index is 3.39. The first kappa shape index (κ1) is 12.1. The number of carbonyl (C=O) groups excluding carboxylic acids is 1. The first-order valence-corrected chi connectivity index (χ1v) is 4.88. The lowest BCUT2D eigenvalue weighted by Crippen LogP contribution is -2.27. The van der Waals surface area contributed by atoms with Gasteiger partial charge in [-0.25, -0.2) is 0 Å². The summed E-state index contributed by atoms with van der Waals surface area (Å²) in [4.78, 5) is 11.6. The number of hydrogen-bond acceptors (Lipinski definition) is 4. The molecular formula is C9H10Cl2N2O2. The average molecular weight is 249 g/mol. The number of nitrogens with two attached hydrogens (primary N) is 2. The maximum absolute atomic E-state index is 11.6. The molecule has 0 heterocycles. The van der Waals surface area contributed by atoms with Crippen molar-refractivity contribution in [2.24, 2.45) is 5.73 Å². The second-order valence-electron chi connectivity index (χ2n) is 3.14. The van der Waals surface area contributed by atoms with Gasteiger partial charge < -0.3 is 16.6 Å². The minimum atomic E-state index is -0.721. The summed E-state index contributed by atoms with van der Waals surface area (Å²) in [6.07, 6.45) is 0. The molecule has 0 saturated heterocycles. The maximum atomic E-state index is 11.6. The van der Waals surface area contributed by atoms with Crippen molar-refractivity contribution in [3.8, 4) is 5.75 Å². The fourth-order valence-corrected chi connectivity index (χ4v) is 1.50. The quantitative estimate of drug-likeness (QED) is 0.423. The number of rotatable bonds is 2. The Kier molecular flexibility index (Phi) is 3.44. The van der Waals surface area contributed by atoms with Crippen LogP contribution in [0.25, 0.3) is 0 Å². The third-order valence-electron chi connectivity index (χ3n) is 1.90. The van der Waals surface area contributed by atoms with Gasteiger partial charge in [-0.3, -0.25) is 4.79 Å². The van der Waals surface area contributed by atoms with Crippen molar-refractivity contribution in [1.82, 2.24) is 0 Å². The topological polar surface area (TPSA) is 89.3 Å². The van der Waals surface area contributed by atoms with Crippen LogP contribution in [-0.2, 0) is 0 Å². The summed E-state index contributed by atoms with van der Waals surface area (Å²) in [7, 11) is 0.